The van der Waals surface area contributed by atoms with Gasteiger partial charge in [-0.2, -0.15) is 0 Å². The van der Waals surface area contributed by atoms with E-state index in [1.807, 2.05) is 24.3 Å². The van der Waals surface area contributed by atoms with Crippen LogP contribution in [0.5, 0.6) is 0 Å². The van der Waals surface area contributed by atoms with Gasteiger partial charge >= 0.3 is 0 Å². The van der Waals surface area contributed by atoms with Gasteiger partial charge in [0.1, 0.15) is 5.82 Å². The van der Waals surface area contributed by atoms with Crippen LogP contribution in [0.25, 0.3) is 0 Å². The zero-order valence-electron chi connectivity index (χ0n) is 11.9. The number of hydrogen-bond acceptors (Lipinski definition) is 4. The van der Waals surface area contributed by atoms with Crippen LogP contribution in [0.1, 0.15) is 29.6 Å². The Morgan fingerprint density at radius 1 is 1.10 bits per heavy atom. The van der Waals surface area contributed by atoms with Gasteiger partial charge in [0.2, 0.25) is 0 Å². The van der Waals surface area contributed by atoms with Gasteiger partial charge in [0.15, 0.2) is 5.82 Å². The van der Waals surface area contributed by atoms with E-state index >= 15 is 0 Å². The molecule has 1 aliphatic heterocycles. The third kappa shape index (κ3) is 1.73. The first-order valence-electron chi connectivity index (χ1n) is 7.24. The van der Waals surface area contributed by atoms with E-state index < -0.39 is 0 Å². The van der Waals surface area contributed by atoms with Crippen LogP contribution in [0.15, 0.2) is 36.7 Å². The minimum absolute atomic E-state index is 0.0332. The smallest absolute Gasteiger partial charge is 0.261 e. The number of carbonyl (C=O) groups is 1. The molecule has 0 N–H and O–H groups in total. The number of anilines is 3. The molecular formula is C16H16N4O. The highest BCUT2D eigenvalue weighted by atomic mass is 16.2. The topological polar surface area (TPSA) is 49.3 Å². The predicted molar refractivity (Wildman–Crippen MR) is 81.0 cm³/mol. The molecule has 0 saturated heterocycles. The van der Waals surface area contributed by atoms with Crippen molar-refractivity contribution in [2.75, 3.05) is 16.8 Å². The summed E-state index contributed by atoms with van der Waals surface area (Å²) in [5.74, 6) is 1.53. The molecule has 106 valence electrons. The fourth-order valence-electron chi connectivity index (χ4n) is 2.97. The highest BCUT2D eigenvalue weighted by Crippen LogP contribution is 2.42. The highest BCUT2D eigenvalue weighted by Gasteiger charge is 2.36. The lowest BCUT2D eigenvalue weighted by atomic mass is 9.91. The number of aromatic nitrogens is 2. The molecule has 21 heavy (non-hydrogen) atoms. The molecule has 1 aliphatic carbocycles. The number of hydrogen-bond donors (Lipinski definition) is 0. The fraction of sp³-hybridized carbons (Fsp3) is 0.312. The minimum atomic E-state index is -0.0332. The number of nitrogens with zero attached hydrogens (tertiary/aromatic N) is 4. The Labute approximate surface area is 123 Å². The summed E-state index contributed by atoms with van der Waals surface area (Å²) in [7, 11) is 1.80. The lowest BCUT2D eigenvalue weighted by molar-refractivity contribution is 0.0994. The average Bonchev–Trinajstić information content (AvgIpc) is 2.57. The van der Waals surface area contributed by atoms with Gasteiger partial charge in [-0.25, -0.2) is 9.97 Å². The van der Waals surface area contributed by atoms with Gasteiger partial charge in [-0.05, 0) is 43.5 Å². The van der Waals surface area contributed by atoms with Gasteiger partial charge in [0.25, 0.3) is 5.91 Å². The molecule has 0 spiro atoms. The second kappa shape index (κ2) is 4.55. The Balaban J connectivity index is 1.99. The van der Waals surface area contributed by atoms with E-state index in [0.717, 1.165) is 30.2 Å². The second-order valence-corrected chi connectivity index (χ2v) is 5.54. The van der Waals surface area contributed by atoms with Crippen molar-refractivity contribution in [1.29, 1.82) is 0 Å². The van der Waals surface area contributed by atoms with E-state index in [4.69, 9.17) is 0 Å². The molecule has 2 aromatic heterocycles. The summed E-state index contributed by atoms with van der Waals surface area (Å²) in [5, 5.41) is 0. The van der Waals surface area contributed by atoms with Crippen LogP contribution in [0.4, 0.5) is 17.3 Å². The van der Waals surface area contributed by atoms with Crippen molar-refractivity contribution in [1.82, 2.24) is 9.97 Å². The predicted octanol–water partition coefficient (Wildman–Crippen LogP) is 2.76. The van der Waals surface area contributed by atoms with Crippen molar-refractivity contribution < 1.29 is 4.79 Å². The molecule has 0 atom stereocenters. The van der Waals surface area contributed by atoms with Crippen LogP contribution >= 0.6 is 0 Å². The van der Waals surface area contributed by atoms with Gasteiger partial charge in [0.05, 0.1) is 11.3 Å². The van der Waals surface area contributed by atoms with Crippen LogP contribution in [0.3, 0.4) is 0 Å². The third-order valence-corrected chi connectivity index (χ3v) is 4.35. The molecule has 0 bridgehead atoms. The van der Waals surface area contributed by atoms with Crippen molar-refractivity contribution in [3.8, 4) is 0 Å². The Bertz CT molecular complexity index is 711. The zero-order chi connectivity index (χ0) is 14.4. The lowest BCUT2D eigenvalue weighted by Gasteiger charge is -2.37. The van der Waals surface area contributed by atoms with Gasteiger partial charge in [0, 0.05) is 25.5 Å². The van der Waals surface area contributed by atoms with E-state index in [0.29, 0.717) is 11.6 Å². The maximum Gasteiger partial charge on any atom is 0.261 e. The molecule has 5 heteroatoms. The molecule has 3 heterocycles. The van der Waals surface area contributed by atoms with E-state index in [1.54, 1.807) is 24.3 Å². The molecule has 0 radical (unpaired) electrons. The first-order valence-corrected chi connectivity index (χ1v) is 7.24. The highest BCUT2D eigenvalue weighted by molar-refractivity contribution is 6.12. The number of rotatable bonds is 1. The maximum absolute atomic E-state index is 12.7. The SMILES string of the molecule is CN1C(=O)c2cccnc2N(C2CCC2)c2ncccc21. The Morgan fingerprint density at radius 3 is 2.52 bits per heavy atom. The van der Waals surface area contributed by atoms with Crippen LogP contribution < -0.4 is 9.80 Å². The Hall–Kier alpha value is -2.43. The molecule has 0 aromatic carbocycles. The quantitative estimate of drug-likeness (QED) is 0.806. The van der Waals surface area contributed by atoms with Crippen molar-refractivity contribution in [2.24, 2.45) is 0 Å². The summed E-state index contributed by atoms with van der Waals surface area (Å²) in [4.78, 5) is 25.5. The molecule has 2 aliphatic rings. The molecule has 1 fully saturated rings. The Morgan fingerprint density at radius 2 is 1.81 bits per heavy atom. The molecule has 5 nitrogen and oxygen atoms in total. The van der Waals surface area contributed by atoms with Crippen LogP contribution in [0, 0.1) is 0 Å². The van der Waals surface area contributed by atoms with E-state index in [2.05, 4.69) is 14.9 Å². The summed E-state index contributed by atoms with van der Waals surface area (Å²) < 4.78 is 0. The van der Waals surface area contributed by atoms with Crippen molar-refractivity contribution in [3.63, 3.8) is 0 Å². The lowest BCUT2D eigenvalue weighted by Crippen LogP contribution is -2.38. The third-order valence-electron chi connectivity index (χ3n) is 4.35. The number of amides is 1. The van der Waals surface area contributed by atoms with E-state index in [1.165, 1.54) is 6.42 Å². The summed E-state index contributed by atoms with van der Waals surface area (Å²) >= 11 is 0. The van der Waals surface area contributed by atoms with Crippen molar-refractivity contribution >= 4 is 23.2 Å². The Kier molecular flexibility index (Phi) is 2.67. The van der Waals surface area contributed by atoms with Crippen LogP contribution in [0.2, 0.25) is 0 Å². The molecule has 4 rings (SSSR count). The first kappa shape index (κ1) is 12.3. The molecule has 0 unspecified atom stereocenters. The largest absolute Gasteiger partial charge is 0.308 e. The van der Waals surface area contributed by atoms with E-state index in [-0.39, 0.29) is 5.91 Å². The fourth-order valence-corrected chi connectivity index (χ4v) is 2.97. The van der Waals surface area contributed by atoms with Gasteiger partial charge in [-0.15, -0.1) is 0 Å². The van der Waals surface area contributed by atoms with E-state index in [9.17, 15) is 4.79 Å². The molecule has 1 amide bonds. The normalized spacial score (nSPS) is 17.9. The summed E-state index contributed by atoms with van der Waals surface area (Å²) in [6.45, 7) is 0. The number of pyridine rings is 2. The molecular weight excluding hydrogens is 264 g/mol. The monoisotopic (exact) mass is 280 g/mol. The summed E-state index contributed by atoms with van der Waals surface area (Å²) in [5.41, 5.74) is 1.48. The average molecular weight is 280 g/mol. The van der Waals surface area contributed by atoms with Crippen LogP contribution in [-0.4, -0.2) is 29.0 Å². The van der Waals surface area contributed by atoms with Crippen molar-refractivity contribution in [3.05, 3.63) is 42.2 Å². The van der Waals surface area contributed by atoms with Gasteiger partial charge < -0.3 is 9.80 Å². The summed E-state index contributed by atoms with van der Waals surface area (Å²) in [6, 6.07) is 7.85. The van der Waals surface area contributed by atoms with Gasteiger partial charge in [-0.3, -0.25) is 4.79 Å². The maximum atomic E-state index is 12.7. The number of fused-ring (bicyclic) bond motifs is 2. The summed E-state index contributed by atoms with van der Waals surface area (Å²) in [6.07, 6.45) is 6.96. The van der Waals surface area contributed by atoms with Crippen molar-refractivity contribution in [2.45, 2.75) is 25.3 Å². The standard InChI is InChI=1S/C16H16N4O/c1-19-13-8-4-10-18-15(13)20(11-5-2-6-11)14-12(16(19)21)7-3-9-17-14/h3-4,7-11H,2,5-6H2,1H3. The zero-order valence-corrected chi connectivity index (χ0v) is 11.9. The van der Waals surface area contributed by atoms with Gasteiger partial charge in [-0.1, -0.05) is 0 Å². The molecule has 2 aromatic rings. The minimum Gasteiger partial charge on any atom is -0.308 e. The number of carbonyl (C=O) groups excluding carboxylic acids is 1. The molecule has 1 saturated carbocycles. The first-order chi connectivity index (χ1) is 10.3. The van der Waals surface area contributed by atoms with Crippen LogP contribution in [-0.2, 0) is 0 Å². The second-order valence-electron chi connectivity index (χ2n) is 5.54.